The van der Waals surface area contributed by atoms with Gasteiger partial charge in [-0.3, -0.25) is 14.4 Å². The molecule has 1 N–H and O–H groups in total. The van der Waals surface area contributed by atoms with Crippen molar-refractivity contribution < 1.29 is 24.2 Å². The van der Waals surface area contributed by atoms with Crippen molar-refractivity contribution in [3.63, 3.8) is 0 Å². The van der Waals surface area contributed by atoms with E-state index in [1.807, 2.05) is 32.9 Å². The zero-order valence-corrected chi connectivity index (χ0v) is 26.1. The number of nitrogens with zero attached hydrogens (tertiary/aromatic N) is 2. The molecule has 3 aliphatic heterocycles. The highest BCUT2D eigenvalue weighted by Crippen LogP contribution is 2.69. The van der Waals surface area contributed by atoms with Crippen molar-refractivity contribution in [2.45, 2.75) is 75.5 Å². The molecule has 3 unspecified atom stereocenters. The molecule has 0 radical (unpaired) electrons. The van der Waals surface area contributed by atoms with Gasteiger partial charge >= 0.3 is 5.97 Å². The molecule has 1 aromatic carbocycles. The lowest BCUT2D eigenvalue weighted by molar-refractivity contribution is -0.155. The van der Waals surface area contributed by atoms with Crippen molar-refractivity contribution in [1.29, 1.82) is 0 Å². The lowest BCUT2D eigenvalue weighted by Gasteiger charge is -2.43. The first-order chi connectivity index (χ1) is 19.6. The van der Waals surface area contributed by atoms with E-state index < -0.39 is 28.7 Å². The smallest absolute Gasteiger partial charge is 0.310 e. The van der Waals surface area contributed by atoms with Gasteiger partial charge in [-0.25, -0.2) is 0 Å². The van der Waals surface area contributed by atoms with Gasteiger partial charge in [0, 0.05) is 11.8 Å². The summed E-state index contributed by atoms with van der Waals surface area (Å²) in [6.07, 6.45) is 6.26. The fourth-order valence-electron chi connectivity index (χ4n) is 7.21. The number of benzene rings is 1. The van der Waals surface area contributed by atoms with Gasteiger partial charge < -0.3 is 19.6 Å². The molecule has 41 heavy (non-hydrogen) atoms. The predicted octanol–water partition coefficient (Wildman–Crippen LogP) is 5.42. The van der Waals surface area contributed by atoms with E-state index in [0.717, 1.165) is 12.0 Å². The van der Waals surface area contributed by atoms with E-state index in [0.29, 0.717) is 30.0 Å². The maximum Gasteiger partial charge on any atom is 0.310 e. The number of anilines is 1. The van der Waals surface area contributed by atoms with Crippen LogP contribution in [0.4, 0.5) is 5.69 Å². The van der Waals surface area contributed by atoms with Gasteiger partial charge in [-0.15, -0.1) is 24.9 Å². The number of esters is 1. The Balaban J connectivity index is 1.84. The van der Waals surface area contributed by atoms with Crippen molar-refractivity contribution >= 4 is 46.8 Å². The molecule has 2 amide bonds. The maximum atomic E-state index is 14.9. The number of aliphatic hydroxyl groups excluding tert-OH is 1. The van der Waals surface area contributed by atoms with E-state index in [-0.39, 0.29) is 54.6 Å². The molecule has 9 heteroatoms. The Kier molecular flexibility index (Phi) is 9.97. The number of likely N-dealkylation sites (tertiary alicyclic amines) is 1. The van der Waals surface area contributed by atoms with Gasteiger partial charge in [0.25, 0.3) is 5.91 Å². The molecule has 3 fully saturated rings. The highest BCUT2D eigenvalue weighted by Gasteiger charge is 2.77. The monoisotopic (exact) mass is 602 g/mol. The van der Waals surface area contributed by atoms with Crippen LogP contribution in [0.1, 0.15) is 52.0 Å². The van der Waals surface area contributed by atoms with Crippen LogP contribution in [0.3, 0.4) is 0 Å². The molecule has 1 aromatic rings. The minimum Gasteiger partial charge on any atom is -0.465 e. The number of aliphatic hydroxyl groups is 1. The molecule has 0 saturated carbocycles. The first-order valence-electron chi connectivity index (χ1n) is 14.7. The van der Waals surface area contributed by atoms with E-state index in [1.165, 1.54) is 0 Å². The number of amides is 2. The molecular weight excluding hydrogens is 560 g/mol. The third-order valence-electron chi connectivity index (χ3n) is 9.37. The van der Waals surface area contributed by atoms with E-state index >= 15 is 0 Å². The third kappa shape index (κ3) is 5.25. The first-order valence-corrected chi connectivity index (χ1v) is 15.9. The van der Waals surface area contributed by atoms with Crippen molar-refractivity contribution in [3.05, 3.63) is 54.1 Å². The number of unbranched alkanes of at least 4 members (excludes halogenated alkanes) is 1. The maximum absolute atomic E-state index is 14.9. The largest absolute Gasteiger partial charge is 0.465 e. The summed E-state index contributed by atoms with van der Waals surface area (Å²) >= 11 is 8.27. The van der Waals surface area contributed by atoms with E-state index in [2.05, 4.69) is 20.1 Å². The quantitative estimate of drug-likeness (QED) is 0.184. The average molecular weight is 603 g/mol. The molecule has 3 saturated heterocycles. The normalized spacial score (nSPS) is 29.7. The summed E-state index contributed by atoms with van der Waals surface area (Å²) < 4.78 is 4.86. The molecule has 0 aliphatic carbocycles. The van der Waals surface area contributed by atoms with Gasteiger partial charge in [0.05, 0.1) is 46.5 Å². The number of halogens is 1. The number of rotatable bonds is 13. The number of para-hydroxylation sites is 1. The summed E-state index contributed by atoms with van der Waals surface area (Å²) in [7, 11) is 0. The van der Waals surface area contributed by atoms with Crippen LogP contribution in [0.5, 0.6) is 0 Å². The number of carbonyl (C=O) groups is 3. The number of carbonyl (C=O) groups excluding carboxylic acids is 3. The number of thioether (sulfide) groups is 1. The van der Waals surface area contributed by atoms with Crippen molar-refractivity contribution in [1.82, 2.24) is 4.90 Å². The summed E-state index contributed by atoms with van der Waals surface area (Å²) in [5, 5.41) is 10.9. The van der Waals surface area contributed by atoms with Gasteiger partial charge in [-0.2, -0.15) is 0 Å². The number of allylic oxidation sites excluding steroid dienone is 1. The topological polar surface area (TPSA) is 87.1 Å². The highest BCUT2D eigenvalue weighted by atomic mass is 35.5. The molecule has 8 atom stereocenters. The molecule has 2 bridgehead atoms. The number of hydrogen-bond donors (Lipinski definition) is 1. The Labute approximate surface area is 253 Å². The fourth-order valence-corrected chi connectivity index (χ4v) is 9.92. The van der Waals surface area contributed by atoms with Gasteiger partial charge in [-0.1, -0.05) is 63.1 Å². The van der Waals surface area contributed by atoms with Crippen LogP contribution in [0.2, 0.25) is 5.02 Å². The molecule has 4 rings (SSSR count). The second kappa shape index (κ2) is 12.9. The van der Waals surface area contributed by atoms with Crippen molar-refractivity contribution in [2.24, 2.45) is 23.7 Å². The van der Waals surface area contributed by atoms with Gasteiger partial charge in [0.15, 0.2) is 0 Å². The highest BCUT2D eigenvalue weighted by molar-refractivity contribution is 8.02. The summed E-state index contributed by atoms with van der Waals surface area (Å²) in [6, 6.07) is 4.03. The second-order valence-corrected chi connectivity index (χ2v) is 13.6. The Hall–Kier alpha value is -2.29. The Bertz CT molecular complexity index is 1170. The molecule has 3 aliphatic rings. The van der Waals surface area contributed by atoms with Crippen molar-refractivity contribution in [2.75, 3.05) is 24.7 Å². The van der Waals surface area contributed by atoms with Crippen LogP contribution in [0.15, 0.2) is 43.5 Å². The summed E-state index contributed by atoms with van der Waals surface area (Å²) in [5.74, 6) is -2.31. The molecule has 7 nitrogen and oxygen atoms in total. The number of fused-ring (bicyclic) bond motifs is 1. The van der Waals surface area contributed by atoms with Crippen LogP contribution in [-0.4, -0.2) is 69.6 Å². The summed E-state index contributed by atoms with van der Waals surface area (Å²) in [4.78, 5) is 46.3. The molecule has 1 spiro atoms. The van der Waals surface area contributed by atoms with Gasteiger partial charge in [-0.05, 0) is 49.7 Å². The standard InChI is InChI=1S/C32H43ClN2O5S/c1-7-10-11-16-40-31(39)25-24-17-21(6)32(41-24)26(25)29(37)35(23(18-36)19(4)9-3)28(32)30(38)34(15-8-2)27-20(5)13-12-14-22(27)33/h7-8,12-14,19,21,23-26,28,36H,1-2,9-11,15-18H2,3-6H3/t19-,21?,23-,24+,25-,26-,28?,32?/m0/s1. The predicted molar refractivity (Wildman–Crippen MR) is 165 cm³/mol. The third-order valence-corrected chi connectivity index (χ3v) is 11.7. The Morgan fingerprint density at radius 1 is 1.34 bits per heavy atom. The van der Waals surface area contributed by atoms with Crippen LogP contribution >= 0.6 is 23.4 Å². The van der Waals surface area contributed by atoms with E-state index in [1.54, 1.807) is 39.8 Å². The lowest BCUT2D eigenvalue weighted by atomic mass is 9.66. The molecule has 0 aromatic heterocycles. The number of aryl methyl sites for hydroxylation is 1. The fraction of sp³-hybridized carbons (Fsp3) is 0.594. The van der Waals surface area contributed by atoms with Crippen LogP contribution < -0.4 is 4.90 Å². The second-order valence-electron chi connectivity index (χ2n) is 11.7. The molecular formula is C32H43ClN2O5S. The van der Waals surface area contributed by atoms with Gasteiger partial charge in [0.1, 0.15) is 6.04 Å². The SMILES string of the molecule is C=CCCCOC(=O)[C@@H]1[C@H]2C(=O)N([C@@H](CO)[C@@H](C)CC)C(C(=O)N(CC=C)c3c(C)cccc3Cl)C23S[C@@H]1CC3C. The Morgan fingerprint density at radius 2 is 2.07 bits per heavy atom. The van der Waals surface area contributed by atoms with E-state index in [4.69, 9.17) is 16.3 Å². The zero-order valence-electron chi connectivity index (χ0n) is 24.6. The summed E-state index contributed by atoms with van der Waals surface area (Å²) in [6.45, 7) is 15.8. The summed E-state index contributed by atoms with van der Waals surface area (Å²) in [5.41, 5.74) is 1.41. The minimum atomic E-state index is -0.884. The van der Waals surface area contributed by atoms with E-state index in [9.17, 15) is 19.5 Å². The first kappa shape index (κ1) is 31.6. The lowest BCUT2D eigenvalue weighted by Crippen LogP contribution is -2.60. The van der Waals surface area contributed by atoms with Crippen LogP contribution in [0, 0.1) is 30.6 Å². The zero-order chi connectivity index (χ0) is 30.1. The van der Waals surface area contributed by atoms with Crippen LogP contribution in [-0.2, 0) is 19.1 Å². The average Bonchev–Trinajstić information content (AvgIpc) is 3.54. The molecule has 3 heterocycles. The van der Waals surface area contributed by atoms with Crippen molar-refractivity contribution in [3.8, 4) is 0 Å². The number of hydrogen-bond acceptors (Lipinski definition) is 6. The minimum absolute atomic E-state index is 0.00980. The number of ether oxygens (including phenoxy) is 1. The molecule has 224 valence electrons. The Morgan fingerprint density at radius 3 is 2.68 bits per heavy atom. The van der Waals surface area contributed by atoms with Gasteiger partial charge in [0.2, 0.25) is 5.91 Å². The van der Waals surface area contributed by atoms with Crippen LogP contribution in [0.25, 0.3) is 0 Å².